The molecular weight excluding hydrogens is 230 g/mol. The number of hydrogen-bond donors (Lipinski definition) is 2. The standard InChI is InChI=1S/C13H19N3O2/c1-2-14-10-5-6-12(15-8-10)13(18)16-7-3-4-11(16)9-17/h5-6,8,11,14,17H,2-4,7,9H2,1H3. The Morgan fingerprint density at radius 1 is 1.61 bits per heavy atom. The average molecular weight is 249 g/mol. The zero-order valence-electron chi connectivity index (χ0n) is 10.6. The lowest BCUT2D eigenvalue weighted by molar-refractivity contribution is 0.0672. The van der Waals surface area contributed by atoms with E-state index in [-0.39, 0.29) is 18.6 Å². The van der Waals surface area contributed by atoms with Crippen LogP contribution in [0.3, 0.4) is 0 Å². The van der Waals surface area contributed by atoms with Crippen molar-refractivity contribution in [2.24, 2.45) is 0 Å². The molecule has 1 aliphatic rings. The third-order valence-electron chi connectivity index (χ3n) is 3.21. The lowest BCUT2D eigenvalue weighted by Crippen LogP contribution is -2.38. The van der Waals surface area contributed by atoms with Gasteiger partial charge in [0.05, 0.1) is 24.5 Å². The number of aromatic nitrogens is 1. The molecule has 0 spiro atoms. The highest BCUT2D eigenvalue weighted by atomic mass is 16.3. The Labute approximate surface area is 107 Å². The number of hydrogen-bond acceptors (Lipinski definition) is 4. The first-order valence-corrected chi connectivity index (χ1v) is 6.38. The van der Waals surface area contributed by atoms with Crippen LogP contribution in [0.25, 0.3) is 0 Å². The Bertz CT molecular complexity index is 405. The predicted octanol–water partition coefficient (Wildman–Crippen LogP) is 1.11. The summed E-state index contributed by atoms with van der Waals surface area (Å²) in [5.74, 6) is -0.0883. The number of aliphatic hydroxyl groups is 1. The molecule has 18 heavy (non-hydrogen) atoms. The Hall–Kier alpha value is -1.62. The second-order valence-electron chi connectivity index (χ2n) is 4.44. The highest BCUT2D eigenvalue weighted by Crippen LogP contribution is 2.19. The molecule has 2 rings (SSSR count). The van der Waals surface area contributed by atoms with Gasteiger partial charge in [-0.15, -0.1) is 0 Å². The number of rotatable bonds is 4. The Balaban J connectivity index is 2.08. The van der Waals surface area contributed by atoms with Gasteiger partial charge in [0.1, 0.15) is 5.69 Å². The molecule has 0 radical (unpaired) electrons. The smallest absolute Gasteiger partial charge is 0.272 e. The summed E-state index contributed by atoms with van der Waals surface area (Å²) in [5, 5.41) is 12.4. The number of aliphatic hydroxyl groups excluding tert-OH is 1. The highest BCUT2D eigenvalue weighted by Gasteiger charge is 2.29. The van der Waals surface area contributed by atoms with Gasteiger partial charge in [0.15, 0.2) is 0 Å². The number of carbonyl (C=O) groups is 1. The molecule has 1 aromatic heterocycles. The molecule has 2 N–H and O–H groups in total. The van der Waals surface area contributed by atoms with Crippen LogP contribution in [0.15, 0.2) is 18.3 Å². The van der Waals surface area contributed by atoms with Crippen LogP contribution in [0.5, 0.6) is 0 Å². The Morgan fingerprint density at radius 2 is 2.44 bits per heavy atom. The Morgan fingerprint density at radius 3 is 3.06 bits per heavy atom. The molecule has 1 atom stereocenters. The van der Waals surface area contributed by atoms with Crippen molar-refractivity contribution in [3.8, 4) is 0 Å². The molecule has 1 fully saturated rings. The van der Waals surface area contributed by atoms with Crippen LogP contribution in [0.1, 0.15) is 30.3 Å². The fourth-order valence-corrected chi connectivity index (χ4v) is 2.27. The maximum absolute atomic E-state index is 12.2. The number of carbonyl (C=O) groups excluding carboxylic acids is 1. The van der Waals surface area contributed by atoms with Crippen LogP contribution in [0.2, 0.25) is 0 Å². The molecule has 1 aromatic rings. The molecule has 2 heterocycles. The maximum Gasteiger partial charge on any atom is 0.272 e. The fraction of sp³-hybridized carbons (Fsp3) is 0.538. The van der Waals surface area contributed by atoms with E-state index >= 15 is 0 Å². The first kappa shape index (κ1) is 12.8. The summed E-state index contributed by atoms with van der Waals surface area (Å²) in [6.07, 6.45) is 3.49. The van der Waals surface area contributed by atoms with Gasteiger partial charge in [0.2, 0.25) is 0 Å². The van der Waals surface area contributed by atoms with Gasteiger partial charge in [-0.3, -0.25) is 4.79 Å². The summed E-state index contributed by atoms with van der Waals surface area (Å²) in [7, 11) is 0. The van der Waals surface area contributed by atoms with E-state index in [4.69, 9.17) is 0 Å². The minimum Gasteiger partial charge on any atom is -0.394 e. The zero-order valence-corrected chi connectivity index (χ0v) is 10.6. The number of nitrogens with zero attached hydrogens (tertiary/aromatic N) is 2. The molecule has 1 unspecified atom stereocenters. The molecule has 1 saturated heterocycles. The van der Waals surface area contributed by atoms with Gasteiger partial charge in [0, 0.05) is 13.1 Å². The van der Waals surface area contributed by atoms with Gasteiger partial charge in [0.25, 0.3) is 5.91 Å². The first-order chi connectivity index (χ1) is 8.76. The van der Waals surface area contributed by atoms with Crippen LogP contribution in [0.4, 0.5) is 5.69 Å². The van der Waals surface area contributed by atoms with Gasteiger partial charge in [-0.05, 0) is 31.9 Å². The maximum atomic E-state index is 12.2. The summed E-state index contributed by atoms with van der Waals surface area (Å²) >= 11 is 0. The molecule has 0 aliphatic carbocycles. The number of likely N-dealkylation sites (tertiary alicyclic amines) is 1. The topological polar surface area (TPSA) is 65.5 Å². The Kier molecular flexibility index (Phi) is 4.15. The molecule has 0 saturated carbocycles. The van der Waals surface area contributed by atoms with E-state index in [0.717, 1.165) is 25.1 Å². The van der Waals surface area contributed by atoms with Crippen molar-refractivity contribution in [1.29, 1.82) is 0 Å². The largest absolute Gasteiger partial charge is 0.394 e. The monoisotopic (exact) mass is 249 g/mol. The summed E-state index contributed by atoms with van der Waals surface area (Å²) in [6.45, 7) is 3.57. The normalized spacial score (nSPS) is 19.0. The quantitative estimate of drug-likeness (QED) is 0.839. The van der Waals surface area contributed by atoms with Crippen molar-refractivity contribution in [3.05, 3.63) is 24.0 Å². The second-order valence-corrected chi connectivity index (χ2v) is 4.44. The van der Waals surface area contributed by atoms with Crippen molar-refractivity contribution in [3.63, 3.8) is 0 Å². The van der Waals surface area contributed by atoms with Crippen LogP contribution in [-0.2, 0) is 0 Å². The lowest BCUT2D eigenvalue weighted by atomic mass is 10.2. The molecule has 0 bridgehead atoms. The van der Waals surface area contributed by atoms with E-state index in [0.29, 0.717) is 12.2 Å². The molecular formula is C13H19N3O2. The fourth-order valence-electron chi connectivity index (χ4n) is 2.27. The van der Waals surface area contributed by atoms with E-state index in [9.17, 15) is 9.90 Å². The SMILES string of the molecule is CCNc1ccc(C(=O)N2CCCC2CO)nc1. The molecule has 98 valence electrons. The van der Waals surface area contributed by atoms with Gasteiger partial charge >= 0.3 is 0 Å². The van der Waals surface area contributed by atoms with E-state index in [1.807, 2.05) is 13.0 Å². The van der Waals surface area contributed by atoms with Crippen LogP contribution < -0.4 is 5.32 Å². The number of amides is 1. The van der Waals surface area contributed by atoms with Gasteiger partial charge in [-0.2, -0.15) is 0 Å². The van der Waals surface area contributed by atoms with Crippen LogP contribution in [-0.4, -0.2) is 46.6 Å². The van der Waals surface area contributed by atoms with Crippen molar-refractivity contribution < 1.29 is 9.90 Å². The lowest BCUT2D eigenvalue weighted by Gasteiger charge is -2.22. The number of pyridine rings is 1. The summed E-state index contributed by atoms with van der Waals surface area (Å²) in [4.78, 5) is 18.1. The molecule has 5 nitrogen and oxygen atoms in total. The van der Waals surface area contributed by atoms with Crippen molar-refractivity contribution in [2.75, 3.05) is 25.0 Å². The first-order valence-electron chi connectivity index (χ1n) is 6.38. The number of anilines is 1. The van der Waals surface area contributed by atoms with Gasteiger partial charge in [-0.1, -0.05) is 0 Å². The molecule has 1 aliphatic heterocycles. The minimum absolute atomic E-state index is 0.0290. The van der Waals surface area contributed by atoms with E-state index < -0.39 is 0 Å². The number of nitrogens with one attached hydrogen (secondary N) is 1. The van der Waals surface area contributed by atoms with E-state index in [1.54, 1.807) is 17.2 Å². The summed E-state index contributed by atoms with van der Waals surface area (Å²) in [6, 6.07) is 3.54. The third kappa shape index (κ3) is 2.61. The average Bonchev–Trinajstić information content (AvgIpc) is 2.87. The van der Waals surface area contributed by atoms with Gasteiger partial charge < -0.3 is 15.3 Å². The van der Waals surface area contributed by atoms with Crippen LogP contribution >= 0.6 is 0 Å². The minimum atomic E-state index is -0.0883. The predicted molar refractivity (Wildman–Crippen MR) is 69.5 cm³/mol. The zero-order chi connectivity index (χ0) is 13.0. The second kappa shape index (κ2) is 5.82. The van der Waals surface area contributed by atoms with E-state index in [2.05, 4.69) is 10.3 Å². The third-order valence-corrected chi connectivity index (χ3v) is 3.21. The summed E-state index contributed by atoms with van der Waals surface area (Å²) in [5.41, 5.74) is 1.35. The molecule has 0 aromatic carbocycles. The van der Waals surface area contributed by atoms with Crippen molar-refractivity contribution in [2.45, 2.75) is 25.8 Å². The van der Waals surface area contributed by atoms with Crippen molar-refractivity contribution >= 4 is 11.6 Å². The molecule has 1 amide bonds. The van der Waals surface area contributed by atoms with Crippen LogP contribution in [0, 0.1) is 0 Å². The van der Waals surface area contributed by atoms with E-state index in [1.165, 1.54) is 0 Å². The van der Waals surface area contributed by atoms with Gasteiger partial charge in [-0.25, -0.2) is 4.98 Å². The molecule has 5 heteroatoms. The summed E-state index contributed by atoms with van der Waals surface area (Å²) < 4.78 is 0. The highest BCUT2D eigenvalue weighted by molar-refractivity contribution is 5.92. The van der Waals surface area contributed by atoms with Crippen molar-refractivity contribution in [1.82, 2.24) is 9.88 Å².